The number of aliphatic hydroxyl groups is 2. The summed E-state index contributed by atoms with van der Waals surface area (Å²) in [5, 5.41) is 39.2. The molecule has 1 aliphatic rings. The Morgan fingerprint density at radius 2 is 1.97 bits per heavy atom. The van der Waals surface area contributed by atoms with Crippen LogP contribution in [0.2, 0.25) is 0 Å². The van der Waals surface area contributed by atoms with E-state index in [0.717, 1.165) is 16.8 Å². The minimum Gasteiger partial charge on any atom is -0.481 e. The average molecular weight is 458 g/mol. The van der Waals surface area contributed by atoms with Crippen LogP contribution in [0, 0.1) is 0 Å². The fourth-order valence-electron chi connectivity index (χ4n) is 2.80. The number of carboxylic acid groups (broad SMARTS) is 2. The number of carboxylic acids is 2. The van der Waals surface area contributed by atoms with Gasteiger partial charge < -0.3 is 41.0 Å². The predicted octanol–water partition coefficient (Wildman–Crippen LogP) is -2.99. The molecule has 32 heavy (non-hydrogen) atoms. The lowest BCUT2D eigenvalue weighted by atomic mass is 10.1. The lowest BCUT2D eigenvalue weighted by Gasteiger charge is -2.22. The van der Waals surface area contributed by atoms with E-state index in [2.05, 4.69) is 10.3 Å². The zero-order valence-corrected chi connectivity index (χ0v) is 16.5. The van der Waals surface area contributed by atoms with Crippen LogP contribution in [0.5, 0.6) is 0 Å². The number of nitrogens with two attached hydrogens (primary N) is 1. The summed E-state index contributed by atoms with van der Waals surface area (Å²) in [6.07, 6.45) is -6.06. The van der Waals surface area contributed by atoms with Gasteiger partial charge in [0.15, 0.2) is 12.3 Å². The molecule has 0 aromatic carbocycles. The van der Waals surface area contributed by atoms with Crippen molar-refractivity contribution in [3.8, 4) is 0 Å². The molecular formula is C17H22N4O11. The zero-order chi connectivity index (χ0) is 24.0. The van der Waals surface area contributed by atoms with Gasteiger partial charge in [-0.05, 0) is 6.07 Å². The van der Waals surface area contributed by atoms with Crippen molar-refractivity contribution in [2.45, 2.75) is 49.8 Å². The smallest absolute Gasteiger partial charge is 0.351 e. The van der Waals surface area contributed by atoms with E-state index in [-0.39, 0.29) is 5.82 Å². The molecule has 1 fully saturated rings. The van der Waals surface area contributed by atoms with Gasteiger partial charge in [0.25, 0.3) is 0 Å². The van der Waals surface area contributed by atoms with Gasteiger partial charge in [0, 0.05) is 6.20 Å². The number of ether oxygens (including phenoxy) is 2. The molecule has 1 amide bonds. The Balaban J connectivity index is 2.17. The molecule has 1 aromatic heterocycles. The molecular weight excluding hydrogens is 436 g/mol. The SMILES string of the molecule is N[C@@H](CC(=O)Nc1ccn(C2OC(CO)C(O)C2OC(=O)CCC(=O)O)c(=O)n1)C(=O)O. The maximum Gasteiger partial charge on any atom is 0.351 e. The molecule has 0 saturated carbocycles. The van der Waals surface area contributed by atoms with Crippen LogP contribution in [0.25, 0.3) is 0 Å². The molecule has 0 bridgehead atoms. The molecule has 176 valence electrons. The van der Waals surface area contributed by atoms with Crippen molar-refractivity contribution < 1.29 is 49.1 Å². The van der Waals surface area contributed by atoms with Crippen molar-refractivity contribution >= 4 is 29.6 Å². The minimum absolute atomic E-state index is 0.221. The highest BCUT2D eigenvalue weighted by Gasteiger charge is 2.47. The van der Waals surface area contributed by atoms with Crippen molar-refractivity contribution in [1.82, 2.24) is 9.55 Å². The molecule has 15 heteroatoms. The maximum absolute atomic E-state index is 12.4. The van der Waals surface area contributed by atoms with Crippen LogP contribution in [-0.2, 0) is 28.7 Å². The van der Waals surface area contributed by atoms with Gasteiger partial charge >= 0.3 is 23.6 Å². The van der Waals surface area contributed by atoms with Crippen LogP contribution in [0.4, 0.5) is 5.82 Å². The summed E-state index contributed by atoms with van der Waals surface area (Å²) in [6.45, 7) is -0.666. The van der Waals surface area contributed by atoms with Crippen LogP contribution in [0.1, 0.15) is 25.5 Å². The van der Waals surface area contributed by atoms with Crippen molar-refractivity contribution in [2.75, 3.05) is 11.9 Å². The Morgan fingerprint density at radius 3 is 2.53 bits per heavy atom. The highest BCUT2D eigenvalue weighted by molar-refractivity contribution is 5.93. The van der Waals surface area contributed by atoms with E-state index in [1.165, 1.54) is 0 Å². The molecule has 4 unspecified atom stereocenters. The van der Waals surface area contributed by atoms with Crippen molar-refractivity contribution in [2.24, 2.45) is 5.73 Å². The van der Waals surface area contributed by atoms with Crippen molar-refractivity contribution in [3.63, 3.8) is 0 Å². The Hall–Kier alpha value is -3.40. The van der Waals surface area contributed by atoms with Gasteiger partial charge in [0.1, 0.15) is 24.1 Å². The number of anilines is 1. The third kappa shape index (κ3) is 6.30. The number of hydrogen-bond acceptors (Lipinski definition) is 11. The number of carbonyl (C=O) groups is 4. The van der Waals surface area contributed by atoms with Gasteiger partial charge in [-0.15, -0.1) is 0 Å². The molecule has 5 atom stereocenters. The first-order valence-corrected chi connectivity index (χ1v) is 9.26. The fraction of sp³-hybridized carbons (Fsp3) is 0.529. The van der Waals surface area contributed by atoms with Crippen LogP contribution in [0.3, 0.4) is 0 Å². The molecule has 2 heterocycles. The quantitative estimate of drug-likeness (QED) is 0.192. The van der Waals surface area contributed by atoms with Crippen molar-refractivity contribution in [3.05, 3.63) is 22.7 Å². The van der Waals surface area contributed by atoms with Gasteiger partial charge in [-0.2, -0.15) is 4.98 Å². The zero-order valence-electron chi connectivity index (χ0n) is 16.5. The number of aliphatic hydroxyl groups excluding tert-OH is 2. The second-order valence-electron chi connectivity index (χ2n) is 6.79. The summed E-state index contributed by atoms with van der Waals surface area (Å²) in [4.78, 5) is 61.0. The van der Waals surface area contributed by atoms with E-state index < -0.39 is 86.0 Å². The Morgan fingerprint density at radius 1 is 1.28 bits per heavy atom. The monoisotopic (exact) mass is 458 g/mol. The van der Waals surface area contributed by atoms with Gasteiger partial charge in [0.05, 0.1) is 25.9 Å². The second-order valence-corrected chi connectivity index (χ2v) is 6.79. The molecule has 15 nitrogen and oxygen atoms in total. The van der Waals surface area contributed by atoms with E-state index in [1.807, 2.05) is 0 Å². The van der Waals surface area contributed by atoms with E-state index in [4.69, 9.17) is 25.4 Å². The summed E-state index contributed by atoms with van der Waals surface area (Å²) < 4.78 is 11.3. The van der Waals surface area contributed by atoms with Gasteiger partial charge in [-0.25, -0.2) is 4.79 Å². The summed E-state index contributed by atoms with van der Waals surface area (Å²) >= 11 is 0. The minimum atomic E-state index is -1.53. The van der Waals surface area contributed by atoms with E-state index in [1.54, 1.807) is 0 Å². The molecule has 0 aliphatic carbocycles. The number of hydrogen-bond donors (Lipinski definition) is 6. The first-order chi connectivity index (χ1) is 15.0. The van der Waals surface area contributed by atoms with Crippen molar-refractivity contribution in [1.29, 1.82) is 0 Å². The number of aliphatic carboxylic acids is 2. The molecule has 2 rings (SSSR count). The fourth-order valence-corrected chi connectivity index (χ4v) is 2.80. The molecule has 1 aromatic rings. The number of esters is 1. The third-order valence-corrected chi connectivity index (χ3v) is 4.40. The second kappa shape index (κ2) is 10.8. The predicted molar refractivity (Wildman–Crippen MR) is 101 cm³/mol. The third-order valence-electron chi connectivity index (χ3n) is 4.40. The number of carbonyl (C=O) groups excluding carboxylic acids is 2. The Kier molecular flexibility index (Phi) is 8.36. The normalized spacial score (nSPS) is 23.3. The number of nitrogens with zero attached hydrogens (tertiary/aromatic N) is 2. The number of aromatic nitrogens is 2. The first-order valence-electron chi connectivity index (χ1n) is 9.26. The lowest BCUT2D eigenvalue weighted by molar-refractivity contribution is -0.160. The highest BCUT2D eigenvalue weighted by atomic mass is 16.6. The molecule has 0 radical (unpaired) electrons. The molecule has 0 spiro atoms. The van der Waals surface area contributed by atoms with Gasteiger partial charge in [0.2, 0.25) is 5.91 Å². The molecule has 1 aliphatic heterocycles. The Bertz CT molecular complexity index is 933. The van der Waals surface area contributed by atoms with Crippen LogP contribution in [0.15, 0.2) is 17.1 Å². The van der Waals surface area contributed by atoms with E-state index in [9.17, 15) is 34.2 Å². The summed E-state index contributed by atoms with van der Waals surface area (Å²) in [6, 6.07) is -0.285. The molecule has 7 N–H and O–H groups in total. The maximum atomic E-state index is 12.4. The van der Waals surface area contributed by atoms with E-state index in [0.29, 0.717) is 0 Å². The van der Waals surface area contributed by atoms with Gasteiger partial charge in [-0.1, -0.05) is 0 Å². The number of rotatable bonds is 10. The first kappa shape index (κ1) is 24.9. The lowest BCUT2D eigenvalue weighted by Crippen LogP contribution is -2.39. The topological polar surface area (TPSA) is 241 Å². The number of nitrogens with one attached hydrogen (secondary N) is 1. The van der Waals surface area contributed by atoms with Gasteiger partial charge in [-0.3, -0.25) is 23.7 Å². The van der Waals surface area contributed by atoms with Crippen LogP contribution >= 0.6 is 0 Å². The highest BCUT2D eigenvalue weighted by Crippen LogP contribution is 2.31. The summed E-state index contributed by atoms with van der Waals surface area (Å²) in [5.41, 5.74) is 4.27. The largest absolute Gasteiger partial charge is 0.481 e. The molecule has 1 saturated heterocycles. The standard InChI is InChI=1S/C17H22N4O11/c18-7(16(28)29)5-10(23)19-9-3-4-21(17(30)20-9)15-14(13(27)8(6-22)31-15)32-12(26)2-1-11(24)25/h3-4,7-8,13-15,22,27H,1-2,5-6,18H2,(H,24,25)(H,28,29)(H,19,20,23,30)/t7-,8?,13?,14?,15?/m0/s1. The van der Waals surface area contributed by atoms with E-state index >= 15 is 0 Å². The summed E-state index contributed by atoms with van der Waals surface area (Å²) in [7, 11) is 0. The average Bonchev–Trinajstić information content (AvgIpc) is 3.01. The van der Waals surface area contributed by atoms with Crippen LogP contribution < -0.4 is 16.7 Å². The van der Waals surface area contributed by atoms with Crippen LogP contribution in [-0.4, -0.2) is 84.8 Å². The number of amides is 1. The Labute approximate surface area is 179 Å². The summed E-state index contributed by atoms with van der Waals surface area (Å²) in [5.74, 6) is -4.62.